The molecule has 1 aliphatic rings. The van der Waals surface area contributed by atoms with Crippen LogP contribution in [-0.4, -0.2) is 20.9 Å². The van der Waals surface area contributed by atoms with E-state index in [4.69, 9.17) is 0 Å². The third-order valence-electron chi connectivity index (χ3n) is 5.18. The molecule has 0 bridgehead atoms. The summed E-state index contributed by atoms with van der Waals surface area (Å²) < 4.78 is 1.21. The van der Waals surface area contributed by atoms with Gasteiger partial charge in [0.2, 0.25) is 5.91 Å². The lowest BCUT2D eigenvalue weighted by Gasteiger charge is -2.14. The second kappa shape index (κ2) is 7.23. The highest BCUT2D eigenvalue weighted by molar-refractivity contribution is 7.18. The number of amides is 1. The predicted octanol–water partition coefficient (Wildman–Crippen LogP) is 3.49. The normalized spacial score (nSPS) is 14.7. The number of carbonyl (C=O) groups is 1. The topological polar surface area (TPSA) is 76.9 Å². The van der Waals surface area contributed by atoms with Gasteiger partial charge >= 0.3 is 0 Å². The minimum absolute atomic E-state index is 0.219. The number of benzene rings is 1. The minimum Gasteiger partial charge on any atom is -0.324 e. The predicted molar refractivity (Wildman–Crippen MR) is 107 cm³/mol. The van der Waals surface area contributed by atoms with Crippen LogP contribution in [0.25, 0.3) is 10.2 Å². The molecule has 3 aromatic rings. The average Bonchev–Trinajstić information content (AvgIpc) is 3.07. The van der Waals surface area contributed by atoms with Gasteiger partial charge in [-0.1, -0.05) is 24.3 Å². The summed E-state index contributed by atoms with van der Waals surface area (Å²) in [6.07, 6.45) is 5.09. The fourth-order valence-electron chi connectivity index (χ4n) is 3.52. The van der Waals surface area contributed by atoms with Crippen LogP contribution in [0.2, 0.25) is 0 Å². The zero-order valence-corrected chi connectivity index (χ0v) is 16.3. The molecule has 0 saturated carbocycles. The van der Waals surface area contributed by atoms with Crippen molar-refractivity contribution in [3.05, 3.63) is 50.6 Å². The summed E-state index contributed by atoms with van der Waals surface area (Å²) in [5.41, 5.74) is 2.80. The molecule has 1 N–H and O–H groups in total. The van der Waals surface area contributed by atoms with Gasteiger partial charge in [0.05, 0.1) is 5.39 Å². The molecule has 0 spiro atoms. The highest BCUT2D eigenvalue weighted by atomic mass is 32.1. The van der Waals surface area contributed by atoms with Crippen LogP contribution >= 0.6 is 11.3 Å². The van der Waals surface area contributed by atoms with Gasteiger partial charge in [-0.2, -0.15) is 4.68 Å². The van der Waals surface area contributed by atoms with E-state index in [1.54, 1.807) is 18.3 Å². The molecule has 0 saturated heterocycles. The van der Waals surface area contributed by atoms with Crippen LogP contribution in [-0.2, 0) is 24.1 Å². The van der Waals surface area contributed by atoms with Gasteiger partial charge in [-0.25, -0.2) is 0 Å². The first kappa shape index (κ1) is 17.9. The third kappa shape index (κ3) is 3.27. The summed E-state index contributed by atoms with van der Waals surface area (Å²) in [5.74, 6) is -0.279. The van der Waals surface area contributed by atoms with Crippen LogP contribution in [0.5, 0.6) is 0 Å². The molecule has 6 nitrogen and oxygen atoms in total. The zero-order chi connectivity index (χ0) is 19.0. The standard InChI is InChI=1S/C20H22N4O2S/c1-3-13-8-10-14(11-9-13)21-18(25)12(2)24-20(26)17-15-6-4-5-7-16(15)27-19(17)22-23-24/h8-12H,3-7H2,1-2H3,(H,21,25)/t12-/m0/s1. The Morgan fingerprint density at radius 2 is 2.00 bits per heavy atom. The molecule has 1 amide bonds. The van der Waals surface area contributed by atoms with Gasteiger partial charge in [0.1, 0.15) is 6.04 Å². The molecule has 27 heavy (non-hydrogen) atoms. The third-order valence-corrected chi connectivity index (χ3v) is 6.36. The minimum atomic E-state index is -0.737. The average molecular weight is 382 g/mol. The van der Waals surface area contributed by atoms with Crippen LogP contribution < -0.4 is 10.9 Å². The van der Waals surface area contributed by atoms with Crippen molar-refractivity contribution < 1.29 is 4.79 Å². The van der Waals surface area contributed by atoms with Gasteiger partial charge in [-0.3, -0.25) is 9.59 Å². The van der Waals surface area contributed by atoms with E-state index in [-0.39, 0.29) is 11.5 Å². The second-order valence-electron chi connectivity index (χ2n) is 6.95. The van der Waals surface area contributed by atoms with E-state index in [1.807, 2.05) is 24.3 Å². The number of nitrogens with one attached hydrogen (secondary N) is 1. The molecule has 140 valence electrons. The first-order valence-corrected chi connectivity index (χ1v) is 10.2. The molecule has 2 aromatic heterocycles. The van der Waals surface area contributed by atoms with Crippen LogP contribution in [0, 0.1) is 0 Å². The zero-order valence-electron chi connectivity index (χ0n) is 15.5. The maximum atomic E-state index is 13.0. The molecule has 1 aliphatic carbocycles. The van der Waals surface area contributed by atoms with Crippen molar-refractivity contribution in [2.24, 2.45) is 0 Å². The van der Waals surface area contributed by atoms with Crippen molar-refractivity contribution in [3.8, 4) is 0 Å². The summed E-state index contributed by atoms with van der Waals surface area (Å²) in [6.45, 7) is 3.76. The van der Waals surface area contributed by atoms with E-state index in [1.165, 1.54) is 15.1 Å². The van der Waals surface area contributed by atoms with Crippen molar-refractivity contribution in [1.82, 2.24) is 15.0 Å². The van der Waals surface area contributed by atoms with E-state index in [9.17, 15) is 9.59 Å². The fourth-order valence-corrected chi connectivity index (χ4v) is 4.72. The van der Waals surface area contributed by atoms with E-state index in [0.717, 1.165) is 37.7 Å². The summed E-state index contributed by atoms with van der Waals surface area (Å²) in [4.78, 5) is 27.6. The Hall–Kier alpha value is -2.54. The molecular formula is C20H22N4O2S. The molecule has 0 unspecified atom stereocenters. The highest BCUT2D eigenvalue weighted by Crippen LogP contribution is 2.33. The van der Waals surface area contributed by atoms with Crippen LogP contribution in [0.4, 0.5) is 5.69 Å². The maximum Gasteiger partial charge on any atom is 0.279 e. The Kier molecular flexibility index (Phi) is 4.78. The number of aryl methyl sites for hydroxylation is 3. The number of anilines is 1. The number of hydrogen-bond donors (Lipinski definition) is 1. The summed E-state index contributed by atoms with van der Waals surface area (Å²) in [7, 11) is 0. The molecule has 2 heterocycles. The fraction of sp³-hybridized carbons (Fsp3) is 0.400. The maximum absolute atomic E-state index is 13.0. The Bertz CT molecular complexity index is 1050. The number of carbonyl (C=O) groups excluding carboxylic acids is 1. The summed E-state index contributed by atoms with van der Waals surface area (Å²) in [5, 5.41) is 11.8. The summed E-state index contributed by atoms with van der Waals surface area (Å²) >= 11 is 1.56. The van der Waals surface area contributed by atoms with E-state index in [2.05, 4.69) is 22.6 Å². The van der Waals surface area contributed by atoms with Gasteiger partial charge in [-0.15, -0.1) is 16.4 Å². The first-order chi connectivity index (χ1) is 13.1. The van der Waals surface area contributed by atoms with E-state index >= 15 is 0 Å². The first-order valence-electron chi connectivity index (χ1n) is 9.38. The number of thiophene rings is 1. The Labute approximate surface area is 161 Å². The van der Waals surface area contributed by atoms with Crippen LogP contribution in [0.1, 0.15) is 48.7 Å². The van der Waals surface area contributed by atoms with Crippen molar-refractivity contribution in [2.45, 2.75) is 52.0 Å². The number of hydrogen-bond acceptors (Lipinski definition) is 5. The van der Waals surface area contributed by atoms with Crippen molar-refractivity contribution >= 4 is 33.1 Å². The molecule has 1 atom stereocenters. The van der Waals surface area contributed by atoms with Gasteiger partial charge < -0.3 is 5.32 Å². The van der Waals surface area contributed by atoms with Crippen LogP contribution in [0.3, 0.4) is 0 Å². The smallest absolute Gasteiger partial charge is 0.279 e. The quantitative estimate of drug-likeness (QED) is 0.749. The molecule has 0 aliphatic heterocycles. The second-order valence-corrected chi connectivity index (χ2v) is 8.03. The highest BCUT2D eigenvalue weighted by Gasteiger charge is 2.24. The largest absolute Gasteiger partial charge is 0.324 e. The van der Waals surface area contributed by atoms with E-state index in [0.29, 0.717) is 15.9 Å². The van der Waals surface area contributed by atoms with Gasteiger partial charge in [0, 0.05) is 10.6 Å². The lowest BCUT2D eigenvalue weighted by atomic mass is 9.97. The lowest BCUT2D eigenvalue weighted by Crippen LogP contribution is -2.34. The molecule has 7 heteroatoms. The van der Waals surface area contributed by atoms with Crippen LogP contribution in [0.15, 0.2) is 29.1 Å². The van der Waals surface area contributed by atoms with Gasteiger partial charge in [0.25, 0.3) is 5.56 Å². The van der Waals surface area contributed by atoms with Crippen molar-refractivity contribution in [1.29, 1.82) is 0 Å². The molecule has 0 fully saturated rings. The van der Waals surface area contributed by atoms with E-state index < -0.39 is 6.04 Å². The Balaban J connectivity index is 1.63. The molecule has 0 radical (unpaired) electrons. The molecule has 4 rings (SSSR count). The number of aromatic nitrogens is 3. The number of rotatable bonds is 4. The molecule has 1 aromatic carbocycles. The Morgan fingerprint density at radius 1 is 1.26 bits per heavy atom. The number of nitrogens with zero attached hydrogens (tertiary/aromatic N) is 3. The van der Waals surface area contributed by atoms with Crippen molar-refractivity contribution in [3.63, 3.8) is 0 Å². The summed E-state index contributed by atoms with van der Waals surface area (Å²) in [6, 6.07) is 6.97. The monoisotopic (exact) mass is 382 g/mol. The molecular weight excluding hydrogens is 360 g/mol. The van der Waals surface area contributed by atoms with Crippen molar-refractivity contribution in [2.75, 3.05) is 5.32 Å². The lowest BCUT2D eigenvalue weighted by molar-refractivity contribution is -0.119. The SMILES string of the molecule is CCc1ccc(NC(=O)[C@H](C)n2nnc3sc4c(c3c2=O)CCCC4)cc1. The van der Waals surface area contributed by atoms with Gasteiger partial charge in [-0.05, 0) is 62.3 Å². The van der Waals surface area contributed by atoms with Gasteiger partial charge in [0.15, 0.2) is 4.83 Å². The number of fused-ring (bicyclic) bond motifs is 3. The Morgan fingerprint density at radius 3 is 2.74 bits per heavy atom.